The SMILES string of the molecule is O=C(O)c1csc(CNC(=O)C2(c3cccc(Cl)c3)CCCC2)n1. The van der Waals surface area contributed by atoms with Gasteiger partial charge in [-0.25, -0.2) is 9.78 Å². The van der Waals surface area contributed by atoms with E-state index in [4.69, 9.17) is 16.7 Å². The molecule has 1 aromatic carbocycles. The summed E-state index contributed by atoms with van der Waals surface area (Å²) in [5, 5.41) is 14.5. The number of halogens is 1. The van der Waals surface area contributed by atoms with Crippen molar-refractivity contribution in [2.45, 2.75) is 37.6 Å². The van der Waals surface area contributed by atoms with E-state index in [-0.39, 0.29) is 18.1 Å². The van der Waals surface area contributed by atoms with Crippen molar-refractivity contribution in [2.75, 3.05) is 0 Å². The molecule has 2 N–H and O–H groups in total. The molecule has 0 aliphatic heterocycles. The second-order valence-electron chi connectivity index (χ2n) is 5.91. The summed E-state index contributed by atoms with van der Waals surface area (Å²) in [6.07, 6.45) is 3.58. The van der Waals surface area contributed by atoms with E-state index in [2.05, 4.69) is 10.3 Å². The minimum Gasteiger partial charge on any atom is -0.476 e. The molecule has 1 aliphatic carbocycles. The Balaban J connectivity index is 1.76. The maximum Gasteiger partial charge on any atom is 0.355 e. The number of carbonyl (C=O) groups is 2. The van der Waals surface area contributed by atoms with Crippen LogP contribution in [0, 0.1) is 0 Å². The van der Waals surface area contributed by atoms with E-state index in [9.17, 15) is 9.59 Å². The molecular weight excluding hydrogens is 348 g/mol. The molecule has 0 atom stereocenters. The zero-order valence-electron chi connectivity index (χ0n) is 12.9. The number of carboxylic acids is 1. The summed E-state index contributed by atoms with van der Waals surface area (Å²) in [4.78, 5) is 27.8. The van der Waals surface area contributed by atoms with Crippen LogP contribution in [0.15, 0.2) is 29.6 Å². The van der Waals surface area contributed by atoms with Crippen LogP contribution in [-0.4, -0.2) is 22.0 Å². The third kappa shape index (κ3) is 3.30. The van der Waals surface area contributed by atoms with Gasteiger partial charge in [0.1, 0.15) is 5.01 Å². The summed E-state index contributed by atoms with van der Waals surface area (Å²) in [5.74, 6) is -1.11. The van der Waals surface area contributed by atoms with Crippen LogP contribution >= 0.6 is 22.9 Å². The summed E-state index contributed by atoms with van der Waals surface area (Å²) < 4.78 is 0. The summed E-state index contributed by atoms with van der Waals surface area (Å²) in [6.45, 7) is 0.235. The van der Waals surface area contributed by atoms with Gasteiger partial charge in [0, 0.05) is 10.4 Å². The molecule has 0 saturated heterocycles. The molecule has 24 heavy (non-hydrogen) atoms. The molecule has 126 valence electrons. The number of hydrogen-bond acceptors (Lipinski definition) is 4. The first-order valence-corrected chi connectivity index (χ1v) is 8.99. The number of carbonyl (C=O) groups excluding carboxylic acids is 1. The number of aromatic nitrogens is 1. The first-order valence-electron chi connectivity index (χ1n) is 7.73. The molecule has 1 amide bonds. The molecule has 1 heterocycles. The first kappa shape index (κ1) is 16.9. The molecule has 7 heteroatoms. The number of rotatable bonds is 5. The van der Waals surface area contributed by atoms with Crippen LogP contribution in [0.25, 0.3) is 0 Å². The lowest BCUT2D eigenvalue weighted by molar-refractivity contribution is -0.126. The van der Waals surface area contributed by atoms with Crippen LogP contribution in [0.3, 0.4) is 0 Å². The highest BCUT2D eigenvalue weighted by molar-refractivity contribution is 7.09. The van der Waals surface area contributed by atoms with Gasteiger partial charge in [-0.3, -0.25) is 4.79 Å². The van der Waals surface area contributed by atoms with Crippen LogP contribution in [0.4, 0.5) is 0 Å². The van der Waals surface area contributed by atoms with Crippen molar-refractivity contribution in [1.82, 2.24) is 10.3 Å². The molecule has 3 rings (SSSR count). The second-order valence-corrected chi connectivity index (χ2v) is 7.29. The van der Waals surface area contributed by atoms with Gasteiger partial charge >= 0.3 is 5.97 Å². The average Bonchev–Trinajstić information content (AvgIpc) is 3.23. The molecule has 0 radical (unpaired) electrons. The lowest BCUT2D eigenvalue weighted by Crippen LogP contribution is -2.42. The standard InChI is InChI=1S/C17H17ClN2O3S/c18-12-5-3-4-11(8-12)17(6-1-2-7-17)16(23)19-9-14-20-13(10-24-14)15(21)22/h3-5,8,10H,1-2,6-7,9H2,(H,19,23)(H,21,22). The number of aromatic carboxylic acids is 1. The molecule has 2 aromatic rings. The molecule has 0 unspecified atom stereocenters. The van der Waals surface area contributed by atoms with Gasteiger partial charge in [-0.05, 0) is 30.5 Å². The highest BCUT2D eigenvalue weighted by Gasteiger charge is 2.42. The summed E-state index contributed by atoms with van der Waals surface area (Å²) >= 11 is 7.33. The van der Waals surface area contributed by atoms with E-state index >= 15 is 0 Å². The third-order valence-electron chi connectivity index (χ3n) is 4.44. The Labute approximate surface area is 148 Å². The Bertz CT molecular complexity index is 769. The summed E-state index contributed by atoms with van der Waals surface area (Å²) in [6, 6.07) is 7.47. The van der Waals surface area contributed by atoms with Crippen LogP contribution in [0.2, 0.25) is 5.02 Å². The van der Waals surface area contributed by atoms with Gasteiger partial charge < -0.3 is 10.4 Å². The van der Waals surface area contributed by atoms with Gasteiger partial charge in [-0.15, -0.1) is 11.3 Å². The van der Waals surface area contributed by atoms with E-state index in [1.54, 1.807) is 6.07 Å². The number of carboxylic acid groups (broad SMARTS) is 1. The average molecular weight is 365 g/mol. The van der Waals surface area contributed by atoms with Crippen molar-refractivity contribution >= 4 is 34.8 Å². The maximum atomic E-state index is 12.9. The second kappa shape index (κ2) is 6.91. The molecule has 1 saturated carbocycles. The normalized spacial score (nSPS) is 16.0. The van der Waals surface area contributed by atoms with Gasteiger partial charge in [-0.1, -0.05) is 36.6 Å². The van der Waals surface area contributed by atoms with Gasteiger partial charge in [0.15, 0.2) is 5.69 Å². The smallest absolute Gasteiger partial charge is 0.355 e. The van der Waals surface area contributed by atoms with Gasteiger partial charge in [0.05, 0.1) is 12.0 Å². The highest BCUT2D eigenvalue weighted by Crippen LogP contribution is 2.42. The predicted octanol–water partition coefficient (Wildman–Crippen LogP) is 3.62. The van der Waals surface area contributed by atoms with Crippen molar-refractivity contribution in [2.24, 2.45) is 0 Å². The lowest BCUT2D eigenvalue weighted by atomic mass is 9.78. The zero-order chi connectivity index (χ0) is 17.2. The first-order chi connectivity index (χ1) is 11.5. The number of nitrogens with one attached hydrogen (secondary N) is 1. The van der Waals surface area contributed by atoms with Crippen molar-refractivity contribution in [1.29, 1.82) is 0 Å². The molecule has 0 spiro atoms. The lowest BCUT2D eigenvalue weighted by Gasteiger charge is -2.28. The Kier molecular flexibility index (Phi) is 4.87. The van der Waals surface area contributed by atoms with E-state index in [1.807, 2.05) is 18.2 Å². The number of nitrogens with zero attached hydrogens (tertiary/aromatic N) is 1. The van der Waals surface area contributed by atoms with E-state index < -0.39 is 11.4 Å². The van der Waals surface area contributed by atoms with E-state index in [0.717, 1.165) is 31.2 Å². The minimum atomic E-state index is -1.06. The Hall–Kier alpha value is -1.92. The minimum absolute atomic E-state index is 0.00895. The van der Waals surface area contributed by atoms with Crippen LogP contribution in [0.1, 0.15) is 46.7 Å². The number of amides is 1. The molecule has 1 aliphatic rings. The number of benzene rings is 1. The van der Waals surface area contributed by atoms with Crippen molar-refractivity contribution in [3.05, 3.63) is 50.9 Å². The fourth-order valence-electron chi connectivity index (χ4n) is 3.23. The third-order valence-corrected chi connectivity index (χ3v) is 5.52. The Morgan fingerprint density at radius 3 is 2.71 bits per heavy atom. The van der Waals surface area contributed by atoms with Gasteiger partial charge in [0.2, 0.25) is 5.91 Å². The number of thiazole rings is 1. The van der Waals surface area contributed by atoms with Crippen LogP contribution < -0.4 is 5.32 Å². The highest BCUT2D eigenvalue weighted by atomic mass is 35.5. The van der Waals surface area contributed by atoms with Gasteiger partial charge in [-0.2, -0.15) is 0 Å². The van der Waals surface area contributed by atoms with Crippen molar-refractivity contribution in [3.63, 3.8) is 0 Å². The Morgan fingerprint density at radius 1 is 1.33 bits per heavy atom. The monoisotopic (exact) mass is 364 g/mol. The van der Waals surface area contributed by atoms with Crippen molar-refractivity contribution in [3.8, 4) is 0 Å². The van der Waals surface area contributed by atoms with E-state index in [0.29, 0.717) is 10.0 Å². The van der Waals surface area contributed by atoms with Crippen LogP contribution in [0.5, 0.6) is 0 Å². The van der Waals surface area contributed by atoms with Crippen LogP contribution in [-0.2, 0) is 16.8 Å². The summed E-state index contributed by atoms with van der Waals surface area (Å²) in [5.41, 5.74) is 0.391. The predicted molar refractivity (Wildman–Crippen MR) is 92.5 cm³/mol. The maximum absolute atomic E-state index is 12.9. The van der Waals surface area contributed by atoms with E-state index in [1.165, 1.54) is 16.7 Å². The molecule has 1 aromatic heterocycles. The fraction of sp³-hybridized carbons (Fsp3) is 0.353. The quantitative estimate of drug-likeness (QED) is 0.849. The van der Waals surface area contributed by atoms with Crippen molar-refractivity contribution < 1.29 is 14.7 Å². The Morgan fingerprint density at radius 2 is 2.08 bits per heavy atom. The molecule has 0 bridgehead atoms. The van der Waals surface area contributed by atoms with Gasteiger partial charge in [0.25, 0.3) is 0 Å². The molecular formula is C17H17ClN2O3S. The zero-order valence-corrected chi connectivity index (χ0v) is 14.5. The topological polar surface area (TPSA) is 79.3 Å². The largest absolute Gasteiger partial charge is 0.476 e. The molecule has 1 fully saturated rings. The number of hydrogen-bond donors (Lipinski definition) is 2. The fourth-order valence-corrected chi connectivity index (χ4v) is 4.12. The summed E-state index contributed by atoms with van der Waals surface area (Å²) in [7, 11) is 0. The molecule has 5 nitrogen and oxygen atoms in total.